The molecule has 2 aromatic carbocycles. The van der Waals surface area contributed by atoms with Crippen molar-refractivity contribution in [2.24, 2.45) is 5.41 Å². The topological polar surface area (TPSA) is 172 Å². The molecule has 3 rings (SSSR count). The number of H-pyrrole nitrogens is 1. The number of aromatic amines is 1. The van der Waals surface area contributed by atoms with Crippen molar-refractivity contribution in [2.45, 2.75) is 52.4 Å². The molecule has 0 spiro atoms. The van der Waals surface area contributed by atoms with Crippen molar-refractivity contribution < 1.29 is 56.0 Å². The number of amides is 1. The highest BCUT2D eigenvalue weighted by Crippen LogP contribution is 2.28. The van der Waals surface area contributed by atoms with Crippen molar-refractivity contribution in [2.75, 3.05) is 39.3 Å². The standard InChI is InChI=1S/C27H37ClN4O3S.2C2HF3O2/c1-27(2,3)18-32(15-11-23(34)30-13-9-19-5-4-6-21(28)17-19)16-14-29-12-10-20-7-8-22(33)24-25(20)36-26(35)31-24;2*3-2(4,5)1(6)7/h4-8,17,29,33H,9-16,18H2,1-3H3,(H,30,34)(H,31,35);2*(H,6,7). The number of rotatable bonds is 13. The van der Waals surface area contributed by atoms with Gasteiger partial charge in [0.15, 0.2) is 0 Å². The number of nitrogens with zero attached hydrogens (tertiary/aromatic N) is 1. The second-order valence-corrected chi connectivity index (χ2v) is 13.3. The first-order valence-corrected chi connectivity index (χ1v) is 16.1. The molecule has 0 saturated heterocycles. The summed E-state index contributed by atoms with van der Waals surface area (Å²) in [5.74, 6) is -5.35. The van der Waals surface area contributed by atoms with E-state index in [1.54, 1.807) is 6.07 Å². The van der Waals surface area contributed by atoms with Crippen LogP contribution in [0.3, 0.4) is 0 Å². The Morgan fingerprint density at radius 2 is 1.50 bits per heavy atom. The number of hydrogen-bond donors (Lipinski definition) is 6. The molecule has 0 unspecified atom stereocenters. The number of aromatic nitrogens is 1. The van der Waals surface area contributed by atoms with E-state index in [1.165, 1.54) is 0 Å². The maximum absolute atomic E-state index is 12.4. The maximum atomic E-state index is 12.4. The van der Waals surface area contributed by atoms with Crippen LogP contribution < -0.4 is 15.5 Å². The molecule has 0 aliphatic rings. The Bertz CT molecular complexity index is 1580. The predicted molar refractivity (Wildman–Crippen MR) is 177 cm³/mol. The van der Waals surface area contributed by atoms with E-state index in [-0.39, 0.29) is 21.9 Å². The molecule has 1 aromatic heterocycles. The number of hydrogen-bond acceptors (Lipinski definition) is 8. The number of carbonyl (C=O) groups excluding carboxylic acids is 1. The van der Waals surface area contributed by atoms with Crippen LogP contribution in [0.15, 0.2) is 41.2 Å². The number of aliphatic carboxylic acids is 2. The minimum absolute atomic E-state index is 0.0609. The molecule has 19 heteroatoms. The summed E-state index contributed by atoms with van der Waals surface area (Å²) in [5, 5.41) is 31.4. The Kier molecular flexibility index (Phi) is 17.7. The second-order valence-electron chi connectivity index (χ2n) is 11.9. The summed E-state index contributed by atoms with van der Waals surface area (Å²) in [6, 6.07) is 11.2. The SMILES string of the molecule is CC(C)(C)CN(CCNCCc1ccc(O)c2[nH]c(=O)sc12)CCC(=O)NCCc1cccc(Cl)c1.O=C(O)C(F)(F)F.O=C(O)C(F)(F)F. The lowest BCUT2D eigenvalue weighted by Crippen LogP contribution is -2.40. The molecule has 0 aliphatic heterocycles. The second kappa shape index (κ2) is 20.1. The number of carbonyl (C=O) groups is 3. The van der Waals surface area contributed by atoms with Crippen LogP contribution in [0, 0.1) is 5.41 Å². The molecule has 1 heterocycles. The van der Waals surface area contributed by atoms with Gasteiger partial charge in [-0.2, -0.15) is 26.3 Å². The predicted octanol–water partition coefficient (Wildman–Crippen LogP) is 5.44. The summed E-state index contributed by atoms with van der Waals surface area (Å²) in [4.78, 5) is 46.8. The molecule has 0 fully saturated rings. The highest BCUT2D eigenvalue weighted by molar-refractivity contribution is 7.16. The summed E-state index contributed by atoms with van der Waals surface area (Å²) >= 11 is 7.16. The van der Waals surface area contributed by atoms with Crippen molar-refractivity contribution in [3.63, 3.8) is 0 Å². The quantitative estimate of drug-likeness (QED) is 0.0980. The molecule has 0 bridgehead atoms. The molecule has 1 amide bonds. The zero-order valence-electron chi connectivity index (χ0n) is 27.3. The van der Waals surface area contributed by atoms with Gasteiger partial charge in [-0.05, 0) is 54.1 Å². The van der Waals surface area contributed by atoms with Crippen LogP contribution >= 0.6 is 22.9 Å². The van der Waals surface area contributed by atoms with Crippen LogP contribution in [-0.2, 0) is 27.2 Å². The third-order valence-corrected chi connectivity index (χ3v) is 7.47. The molecule has 0 radical (unpaired) electrons. The molecule has 0 saturated carbocycles. The van der Waals surface area contributed by atoms with Crippen LogP contribution in [0.25, 0.3) is 10.2 Å². The minimum Gasteiger partial charge on any atom is -0.506 e. The van der Waals surface area contributed by atoms with Crippen molar-refractivity contribution >= 4 is 51.0 Å². The van der Waals surface area contributed by atoms with Crippen LogP contribution in [0.4, 0.5) is 26.3 Å². The van der Waals surface area contributed by atoms with Gasteiger partial charge in [-0.3, -0.25) is 9.59 Å². The number of alkyl halides is 6. The summed E-state index contributed by atoms with van der Waals surface area (Å²) in [7, 11) is 0. The highest BCUT2D eigenvalue weighted by atomic mass is 35.5. The van der Waals surface area contributed by atoms with Crippen molar-refractivity contribution in [1.82, 2.24) is 20.5 Å². The van der Waals surface area contributed by atoms with Gasteiger partial charge in [-0.15, -0.1) is 0 Å². The van der Waals surface area contributed by atoms with Crippen LogP contribution in [0.2, 0.25) is 5.02 Å². The lowest BCUT2D eigenvalue weighted by molar-refractivity contribution is -0.193. The fraction of sp³-hybridized carbons (Fsp3) is 0.484. The summed E-state index contributed by atoms with van der Waals surface area (Å²) in [6.07, 6.45) is -8.18. The zero-order chi connectivity index (χ0) is 38.3. The van der Waals surface area contributed by atoms with Gasteiger partial charge in [-0.1, -0.05) is 61.9 Å². The Balaban J connectivity index is 0.000000748. The van der Waals surface area contributed by atoms with Gasteiger partial charge in [0, 0.05) is 44.2 Å². The van der Waals surface area contributed by atoms with Crippen LogP contribution in [0.1, 0.15) is 38.3 Å². The normalized spacial score (nSPS) is 11.7. The van der Waals surface area contributed by atoms with Gasteiger partial charge in [0.25, 0.3) is 0 Å². The number of thiazole rings is 1. The van der Waals surface area contributed by atoms with E-state index in [0.717, 1.165) is 66.2 Å². The Hall–Kier alpha value is -3.87. The summed E-state index contributed by atoms with van der Waals surface area (Å²) < 4.78 is 64.3. The van der Waals surface area contributed by atoms with E-state index in [9.17, 15) is 41.0 Å². The van der Waals surface area contributed by atoms with Gasteiger partial charge >= 0.3 is 29.2 Å². The highest BCUT2D eigenvalue weighted by Gasteiger charge is 2.38. The Labute approximate surface area is 292 Å². The molecular formula is C31H39ClF6N4O7S. The van der Waals surface area contributed by atoms with E-state index in [0.29, 0.717) is 30.0 Å². The third kappa shape index (κ3) is 18.2. The first-order chi connectivity index (χ1) is 23.0. The number of phenolic OH excluding ortho intramolecular Hbond substituents is 1. The summed E-state index contributed by atoms with van der Waals surface area (Å²) in [6.45, 7) is 11.2. The minimum atomic E-state index is -5.08. The molecule has 50 heavy (non-hydrogen) atoms. The molecule has 0 atom stereocenters. The van der Waals surface area contributed by atoms with E-state index >= 15 is 0 Å². The molecule has 0 aliphatic carbocycles. The number of carboxylic acid groups (broad SMARTS) is 2. The molecule has 11 nitrogen and oxygen atoms in total. The molecule has 6 N–H and O–H groups in total. The van der Waals surface area contributed by atoms with Crippen molar-refractivity contribution in [3.8, 4) is 5.75 Å². The van der Waals surface area contributed by atoms with Gasteiger partial charge in [-0.25, -0.2) is 9.59 Å². The number of fused-ring (bicyclic) bond motifs is 1. The van der Waals surface area contributed by atoms with Gasteiger partial charge in [0.2, 0.25) is 5.91 Å². The van der Waals surface area contributed by atoms with E-state index < -0.39 is 24.3 Å². The average Bonchev–Trinajstić information content (AvgIpc) is 3.38. The van der Waals surface area contributed by atoms with Crippen molar-refractivity contribution in [1.29, 1.82) is 0 Å². The molecule has 280 valence electrons. The Morgan fingerprint density at radius 3 is 2.04 bits per heavy atom. The van der Waals surface area contributed by atoms with Crippen LogP contribution in [-0.4, -0.2) is 94.7 Å². The monoisotopic (exact) mass is 760 g/mol. The van der Waals surface area contributed by atoms with Gasteiger partial charge in [0.1, 0.15) is 11.3 Å². The number of phenols is 1. The number of nitrogens with one attached hydrogen (secondary N) is 3. The molecule has 3 aromatic rings. The number of aromatic hydroxyl groups is 1. The lowest BCUT2D eigenvalue weighted by atomic mass is 9.96. The summed E-state index contributed by atoms with van der Waals surface area (Å²) in [5.41, 5.74) is 2.80. The van der Waals surface area contributed by atoms with E-state index in [1.807, 2.05) is 30.3 Å². The van der Waals surface area contributed by atoms with Gasteiger partial charge in [0.05, 0.1) is 4.70 Å². The fourth-order valence-electron chi connectivity index (χ4n) is 4.18. The van der Waals surface area contributed by atoms with E-state index in [2.05, 4.69) is 41.3 Å². The number of halogens is 7. The van der Waals surface area contributed by atoms with Gasteiger partial charge < -0.3 is 35.8 Å². The third-order valence-electron chi connectivity index (χ3n) is 6.28. The lowest BCUT2D eigenvalue weighted by Gasteiger charge is -2.30. The number of benzene rings is 2. The van der Waals surface area contributed by atoms with E-state index in [4.69, 9.17) is 31.4 Å². The Morgan fingerprint density at radius 1 is 0.900 bits per heavy atom. The zero-order valence-corrected chi connectivity index (χ0v) is 28.9. The van der Waals surface area contributed by atoms with Crippen molar-refractivity contribution in [3.05, 3.63) is 62.2 Å². The smallest absolute Gasteiger partial charge is 0.490 e. The molecular weight excluding hydrogens is 722 g/mol. The fourth-order valence-corrected chi connectivity index (χ4v) is 5.29. The largest absolute Gasteiger partial charge is 0.506 e. The first-order valence-electron chi connectivity index (χ1n) is 14.9. The average molecular weight is 761 g/mol. The number of carboxylic acids is 2. The first kappa shape index (κ1) is 44.2. The van der Waals surface area contributed by atoms with Crippen LogP contribution in [0.5, 0.6) is 5.75 Å². The maximum Gasteiger partial charge on any atom is 0.490 e.